The fourth-order valence-corrected chi connectivity index (χ4v) is 2.42. The SMILES string of the molecule is Cn1cc(CC(=O)Nc2ncc(F)cc2F)c2ccccc21. The van der Waals surface area contributed by atoms with Crippen LogP contribution in [0.4, 0.5) is 14.6 Å². The summed E-state index contributed by atoms with van der Waals surface area (Å²) >= 11 is 0. The Morgan fingerprint density at radius 2 is 2.09 bits per heavy atom. The van der Waals surface area contributed by atoms with E-state index in [-0.39, 0.29) is 12.2 Å². The van der Waals surface area contributed by atoms with Crippen LogP contribution in [-0.4, -0.2) is 15.5 Å². The third-order valence-corrected chi connectivity index (χ3v) is 3.40. The van der Waals surface area contributed by atoms with E-state index in [4.69, 9.17) is 0 Å². The minimum absolute atomic E-state index is 0.0832. The highest BCUT2D eigenvalue weighted by atomic mass is 19.1. The van der Waals surface area contributed by atoms with E-state index >= 15 is 0 Å². The first kappa shape index (κ1) is 14.2. The van der Waals surface area contributed by atoms with Gasteiger partial charge in [-0.15, -0.1) is 0 Å². The number of anilines is 1. The van der Waals surface area contributed by atoms with Crippen molar-refractivity contribution >= 4 is 22.6 Å². The van der Waals surface area contributed by atoms with Crippen molar-refractivity contribution in [2.24, 2.45) is 7.05 Å². The number of benzene rings is 1. The Kier molecular flexibility index (Phi) is 3.58. The van der Waals surface area contributed by atoms with Crippen LogP contribution in [0.15, 0.2) is 42.7 Å². The molecule has 0 spiro atoms. The first-order valence-electron chi connectivity index (χ1n) is 6.68. The van der Waals surface area contributed by atoms with E-state index in [1.165, 1.54) is 0 Å². The minimum atomic E-state index is -0.897. The molecule has 0 unspecified atom stereocenters. The number of nitrogens with zero attached hydrogens (tertiary/aromatic N) is 2. The van der Waals surface area contributed by atoms with Gasteiger partial charge in [-0.05, 0) is 11.6 Å². The highest BCUT2D eigenvalue weighted by molar-refractivity contribution is 5.95. The van der Waals surface area contributed by atoms with Crippen molar-refractivity contribution in [1.29, 1.82) is 0 Å². The summed E-state index contributed by atoms with van der Waals surface area (Å²) in [5.41, 5.74) is 1.84. The van der Waals surface area contributed by atoms with Gasteiger partial charge in [0.05, 0.1) is 12.6 Å². The second-order valence-corrected chi connectivity index (χ2v) is 4.99. The van der Waals surface area contributed by atoms with Gasteiger partial charge >= 0.3 is 0 Å². The lowest BCUT2D eigenvalue weighted by Crippen LogP contribution is -2.16. The van der Waals surface area contributed by atoms with Crippen molar-refractivity contribution in [2.45, 2.75) is 6.42 Å². The number of hydrogen-bond acceptors (Lipinski definition) is 2. The second kappa shape index (κ2) is 5.55. The van der Waals surface area contributed by atoms with E-state index in [2.05, 4.69) is 10.3 Å². The molecule has 0 saturated carbocycles. The van der Waals surface area contributed by atoms with E-state index in [0.29, 0.717) is 6.07 Å². The molecule has 0 fully saturated rings. The third kappa shape index (κ3) is 2.67. The van der Waals surface area contributed by atoms with Crippen molar-refractivity contribution in [2.75, 3.05) is 5.32 Å². The van der Waals surface area contributed by atoms with Crippen LogP contribution >= 0.6 is 0 Å². The van der Waals surface area contributed by atoms with Gasteiger partial charge in [0, 0.05) is 30.2 Å². The predicted molar refractivity (Wildman–Crippen MR) is 79.4 cm³/mol. The van der Waals surface area contributed by atoms with Gasteiger partial charge in [-0.2, -0.15) is 0 Å². The van der Waals surface area contributed by atoms with Gasteiger partial charge in [0.15, 0.2) is 11.6 Å². The molecule has 6 heteroatoms. The van der Waals surface area contributed by atoms with Crippen LogP contribution in [0.2, 0.25) is 0 Å². The Morgan fingerprint density at radius 1 is 1.32 bits per heavy atom. The van der Waals surface area contributed by atoms with Crippen molar-refractivity contribution in [1.82, 2.24) is 9.55 Å². The van der Waals surface area contributed by atoms with E-state index in [1.807, 2.05) is 42.1 Å². The Morgan fingerprint density at radius 3 is 2.86 bits per heavy atom. The normalized spacial score (nSPS) is 10.9. The molecule has 0 saturated heterocycles. The number of para-hydroxylation sites is 1. The Balaban J connectivity index is 1.81. The standard InChI is InChI=1S/C16H13F2N3O/c1-21-9-10(12-4-2-3-5-14(12)21)6-15(22)20-16-13(18)7-11(17)8-19-16/h2-5,7-9H,6H2,1H3,(H,19,20,22). The first-order valence-corrected chi connectivity index (χ1v) is 6.68. The quantitative estimate of drug-likeness (QED) is 0.808. The van der Waals surface area contributed by atoms with Gasteiger partial charge in [-0.25, -0.2) is 13.8 Å². The molecule has 1 amide bonds. The van der Waals surface area contributed by atoms with Crippen LogP contribution in [0.25, 0.3) is 10.9 Å². The van der Waals surface area contributed by atoms with Crippen molar-refractivity contribution < 1.29 is 13.6 Å². The zero-order chi connectivity index (χ0) is 15.7. The first-order chi connectivity index (χ1) is 10.5. The minimum Gasteiger partial charge on any atom is -0.350 e. The Hall–Kier alpha value is -2.76. The summed E-state index contributed by atoms with van der Waals surface area (Å²) in [7, 11) is 1.89. The van der Waals surface area contributed by atoms with Crippen LogP contribution in [0, 0.1) is 11.6 Å². The van der Waals surface area contributed by atoms with Crippen LogP contribution < -0.4 is 5.32 Å². The monoisotopic (exact) mass is 301 g/mol. The van der Waals surface area contributed by atoms with Crippen molar-refractivity contribution in [3.63, 3.8) is 0 Å². The van der Waals surface area contributed by atoms with Gasteiger partial charge in [-0.1, -0.05) is 18.2 Å². The number of amides is 1. The maximum atomic E-state index is 13.5. The highest BCUT2D eigenvalue weighted by Crippen LogP contribution is 2.21. The highest BCUT2D eigenvalue weighted by Gasteiger charge is 2.13. The van der Waals surface area contributed by atoms with Crippen molar-refractivity contribution in [3.8, 4) is 0 Å². The number of rotatable bonds is 3. The summed E-state index contributed by atoms with van der Waals surface area (Å²) in [6.07, 6.45) is 2.80. The summed E-state index contributed by atoms with van der Waals surface area (Å²) in [6.45, 7) is 0. The van der Waals surface area contributed by atoms with Gasteiger partial charge in [0.1, 0.15) is 5.82 Å². The average molecular weight is 301 g/mol. The molecular weight excluding hydrogens is 288 g/mol. The molecule has 0 bridgehead atoms. The summed E-state index contributed by atoms with van der Waals surface area (Å²) in [6, 6.07) is 8.38. The van der Waals surface area contributed by atoms with E-state index in [9.17, 15) is 13.6 Å². The average Bonchev–Trinajstić information content (AvgIpc) is 2.79. The molecule has 22 heavy (non-hydrogen) atoms. The number of aryl methyl sites for hydroxylation is 1. The smallest absolute Gasteiger partial charge is 0.230 e. The Labute approximate surface area is 125 Å². The number of nitrogens with one attached hydrogen (secondary N) is 1. The Bertz CT molecular complexity index is 858. The summed E-state index contributed by atoms with van der Waals surface area (Å²) in [5.74, 6) is -2.36. The molecule has 1 N–H and O–H groups in total. The van der Waals surface area contributed by atoms with Gasteiger partial charge < -0.3 is 9.88 Å². The molecular formula is C16H13F2N3O. The topological polar surface area (TPSA) is 46.9 Å². The maximum absolute atomic E-state index is 13.5. The predicted octanol–water partition coefficient (Wildman–Crippen LogP) is 3.03. The lowest BCUT2D eigenvalue weighted by atomic mass is 10.1. The number of hydrogen-bond donors (Lipinski definition) is 1. The lowest BCUT2D eigenvalue weighted by Gasteiger charge is -2.05. The van der Waals surface area contributed by atoms with Gasteiger partial charge in [0.25, 0.3) is 0 Å². The molecule has 0 aliphatic carbocycles. The molecule has 2 aromatic heterocycles. The molecule has 0 radical (unpaired) electrons. The van der Waals surface area contributed by atoms with Crippen LogP contribution in [0.3, 0.4) is 0 Å². The molecule has 0 aliphatic heterocycles. The number of pyridine rings is 1. The zero-order valence-electron chi connectivity index (χ0n) is 11.8. The van der Waals surface area contributed by atoms with E-state index in [1.54, 1.807) is 0 Å². The number of carbonyl (C=O) groups excluding carboxylic acids is 1. The van der Waals surface area contributed by atoms with E-state index < -0.39 is 17.5 Å². The van der Waals surface area contributed by atoms with Gasteiger partial charge in [-0.3, -0.25) is 4.79 Å². The summed E-state index contributed by atoms with van der Waals surface area (Å²) < 4.78 is 28.2. The number of halogens is 2. The fraction of sp³-hybridized carbons (Fsp3) is 0.125. The second-order valence-electron chi connectivity index (χ2n) is 4.99. The molecule has 1 aromatic carbocycles. The zero-order valence-corrected chi connectivity index (χ0v) is 11.8. The fourth-order valence-electron chi connectivity index (χ4n) is 2.42. The molecule has 0 atom stereocenters. The van der Waals surface area contributed by atoms with Crippen LogP contribution in [-0.2, 0) is 18.3 Å². The third-order valence-electron chi connectivity index (χ3n) is 3.40. The van der Waals surface area contributed by atoms with Crippen LogP contribution in [0.1, 0.15) is 5.56 Å². The van der Waals surface area contributed by atoms with Gasteiger partial charge in [0.2, 0.25) is 5.91 Å². The number of carbonyl (C=O) groups is 1. The number of aromatic nitrogens is 2. The molecule has 3 rings (SSSR count). The lowest BCUT2D eigenvalue weighted by molar-refractivity contribution is -0.115. The number of fused-ring (bicyclic) bond motifs is 1. The van der Waals surface area contributed by atoms with Crippen molar-refractivity contribution in [3.05, 3.63) is 59.9 Å². The molecule has 4 nitrogen and oxygen atoms in total. The molecule has 3 aromatic rings. The molecule has 0 aliphatic rings. The molecule has 112 valence electrons. The summed E-state index contributed by atoms with van der Waals surface area (Å²) in [5, 5.41) is 3.32. The maximum Gasteiger partial charge on any atom is 0.230 e. The molecule has 2 heterocycles. The summed E-state index contributed by atoms with van der Waals surface area (Å²) in [4.78, 5) is 15.6. The largest absolute Gasteiger partial charge is 0.350 e. The van der Waals surface area contributed by atoms with E-state index in [0.717, 1.165) is 22.7 Å². The van der Waals surface area contributed by atoms with Crippen LogP contribution in [0.5, 0.6) is 0 Å².